The van der Waals surface area contributed by atoms with Gasteiger partial charge < -0.3 is 9.84 Å². The molecular formula is C17H13NO6S. The summed E-state index contributed by atoms with van der Waals surface area (Å²) in [5.74, 6) is -0.193. The van der Waals surface area contributed by atoms with Crippen LogP contribution in [-0.4, -0.2) is 16.2 Å². The first-order chi connectivity index (χ1) is 11.7. The lowest BCUT2D eigenvalue weighted by Crippen LogP contribution is -2.28. The minimum absolute atomic E-state index is 0.106. The summed E-state index contributed by atoms with van der Waals surface area (Å²) in [5.41, 5.74) is -1.58. The lowest BCUT2D eigenvalue weighted by molar-refractivity contribution is -0.569. The summed E-state index contributed by atoms with van der Waals surface area (Å²) in [6, 6.07) is 9.71. The molecule has 1 aromatic heterocycles. The predicted molar refractivity (Wildman–Crippen MR) is 94.3 cm³/mol. The molecule has 0 saturated carbocycles. The van der Waals surface area contributed by atoms with E-state index in [-0.39, 0.29) is 22.1 Å². The van der Waals surface area contributed by atoms with Gasteiger partial charge in [-0.3, -0.25) is 14.9 Å². The SMILES string of the molecule is CC(C)(c1cc(OC(=O)O)c2c(=O)c3ccccc3sc2c1)[N+](=O)[O-]. The summed E-state index contributed by atoms with van der Waals surface area (Å²) in [6.45, 7) is 2.81. The predicted octanol–water partition coefficient (Wildman–Crippen LogP) is 3.98. The van der Waals surface area contributed by atoms with E-state index in [1.807, 2.05) is 0 Å². The van der Waals surface area contributed by atoms with Crippen LogP contribution in [0.25, 0.3) is 20.2 Å². The molecular weight excluding hydrogens is 346 g/mol. The Morgan fingerprint density at radius 1 is 1.24 bits per heavy atom. The highest BCUT2D eigenvalue weighted by Crippen LogP contribution is 2.36. The highest BCUT2D eigenvalue weighted by molar-refractivity contribution is 7.24. The van der Waals surface area contributed by atoms with E-state index in [9.17, 15) is 19.7 Å². The van der Waals surface area contributed by atoms with E-state index in [1.54, 1.807) is 30.3 Å². The molecule has 3 rings (SSSR count). The molecule has 0 amide bonds. The van der Waals surface area contributed by atoms with Crippen molar-refractivity contribution in [1.29, 1.82) is 0 Å². The minimum Gasteiger partial charge on any atom is -0.449 e. The zero-order valence-corrected chi connectivity index (χ0v) is 14.1. The van der Waals surface area contributed by atoms with Crippen LogP contribution in [0.5, 0.6) is 5.75 Å². The topological polar surface area (TPSA) is 107 Å². The van der Waals surface area contributed by atoms with Gasteiger partial charge in [-0.1, -0.05) is 12.1 Å². The first kappa shape index (κ1) is 16.8. The third-order valence-corrected chi connectivity index (χ3v) is 5.12. The minimum atomic E-state index is -1.59. The Balaban J connectivity index is 2.45. The van der Waals surface area contributed by atoms with Gasteiger partial charge in [-0.15, -0.1) is 11.3 Å². The van der Waals surface area contributed by atoms with Crippen LogP contribution in [0.1, 0.15) is 19.4 Å². The first-order valence-corrected chi connectivity index (χ1v) is 8.09. The molecule has 7 nitrogen and oxygen atoms in total. The number of nitrogens with zero attached hydrogens (tertiary/aromatic N) is 1. The molecule has 25 heavy (non-hydrogen) atoms. The summed E-state index contributed by atoms with van der Waals surface area (Å²) in [7, 11) is 0. The molecule has 8 heteroatoms. The Bertz CT molecular complexity index is 1090. The molecule has 0 bridgehead atoms. The standard InChI is InChI=1S/C17H13NO6S/c1-17(2,18(22)23)9-7-11(24-16(20)21)14-13(8-9)25-12-6-4-3-5-10(12)15(14)19/h3-8H,1-2H3,(H,20,21). The maximum atomic E-state index is 12.8. The lowest BCUT2D eigenvalue weighted by Gasteiger charge is -2.17. The van der Waals surface area contributed by atoms with Crippen molar-refractivity contribution in [2.24, 2.45) is 0 Å². The molecule has 2 aromatic carbocycles. The van der Waals surface area contributed by atoms with Crippen LogP contribution in [-0.2, 0) is 5.54 Å². The molecule has 0 saturated heterocycles. The van der Waals surface area contributed by atoms with E-state index in [0.29, 0.717) is 14.8 Å². The molecule has 0 unspecified atom stereocenters. The zero-order chi connectivity index (χ0) is 18.4. The second-order valence-electron chi connectivity index (χ2n) is 5.96. The Kier molecular flexibility index (Phi) is 3.92. The molecule has 128 valence electrons. The number of hydrogen-bond donors (Lipinski definition) is 1. The van der Waals surface area contributed by atoms with Crippen molar-refractivity contribution in [2.75, 3.05) is 0 Å². The molecule has 0 atom stereocenters. The monoisotopic (exact) mass is 359 g/mol. The second kappa shape index (κ2) is 5.82. The Hall–Kier alpha value is -3.00. The highest BCUT2D eigenvalue weighted by atomic mass is 32.1. The number of fused-ring (bicyclic) bond motifs is 2. The fourth-order valence-electron chi connectivity index (χ4n) is 2.52. The van der Waals surface area contributed by atoms with Crippen molar-refractivity contribution in [1.82, 2.24) is 0 Å². The average molecular weight is 359 g/mol. The van der Waals surface area contributed by atoms with Gasteiger partial charge in [0.25, 0.3) is 0 Å². The van der Waals surface area contributed by atoms with Gasteiger partial charge in [-0.05, 0) is 24.3 Å². The zero-order valence-electron chi connectivity index (χ0n) is 13.3. The number of benzene rings is 2. The number of hydrogen-bond acceptors (Lipinski definition) is 6. The smallest absolute Gasteiger partial charge is 0.449 e. The van der Waals surface area contributed by atoms with E-state index in [2.05, 4.69) is 0 Å². The van der Waals surface area contributed by atoms with Crippen molar-refractivity contribution in [3.05, 3.63) is 62.3 Å². The van der Waals surface area contributed by atoms with Gasteiger partial charge in [0.2, 0.25) is 5.54 Å². The van der Waals surface area contributed by atoms with Crippen molar-refractivity contribution in [2.45, 2.75) is 19.4 Å². The molecule has 1 heterocycles. The van der Waals surface area contributed by atoms with E-state index < -0.39 is 16.6 Å². The van der Waals surface area contributed by atoms with Gasteiger partial charge in [0, 0.05) is 39.1 Å². The normalized spacial score (nSPS) is 11.6. The number of rotatable bonds is 3. The summed E-state index contributed by atoms with van der Waals surface area (Å²) >= 11 is 1.25. The van der Waals surface area contributed by atoms with Crippen molar-refractivity contribution >= 4 is 37.7 Å². The van der Waals surface area contributed by atoms with E-state index in [0.717, 1.165) is 0 Å². The molecule has 0 aliphatic carbocycles. The third kappa shape index (κ3) is 2.80. The van der Waals surface area contributed by atoms with E-state index in [1.165, 1.54) is 31.3 Å². The molecule has 3 aromatic rings. The highest BCUT2D eigenvalue weighted by Gasteiger charge is 2.34. The van der Waals surface area contributed by atoms with Crippen LogP contribution in [0.15, 0.2) is 41.2 Å². The number of carbonyl (C=O) groups is 1. The second-order valence-corrected chi connectivity index (χ2v) is 7.04. The quantitative estimate of drug-likeness (QED) is 0.249. The Labute approximate surface area is 145 Å². The lowest BCUT2D eigenvalue weighted by atomic mass is 9.94. The van der Waals surface area contributed by atoms with Gasteiger partial charge in [0.1, 0.15) is 5.75 Å². The first-order valence-electron chi connectivity index (χ1n) is 7.27. The van der Waals surface area contributed by atoms with Crippen LogP contribution in [0.3, 0.4) is 0 Å². The van der Waals surface area contributed by atoms with Crippen molar-refractivity contribution in [3.8, 4) is 5.75 Å². The van der Waals surface area contributed by atoms with Crippen LogP contribution < -0.4 is 10.2 Å². The number of carboxylic acid groups (broad SMARTS) is 1. The van der Waals surface area contributed by atoms with E-state index >= 15 is 0 Å². The maximum absolute atomic E-state index is 12.8. The summed E-state index contributed by atoms with van der Waals surface area (Å²) in [4.78, 5) is 34.7. The molecule has 0 fully saturated rings. The van der Waals surface area contributed by atoms with Crippen molar-refractivity contribution < 1.29 is 19.6 Å². The third-order valence-electron chi connectivity index (χ3n) is 4.00. The number of ether oxygens (including phenoxy) is 1. The van der Waals surface area contributed by atoms with Gasteiger partial charge in [-0.2, -0.15) is 0 Å². The van der Waals surface area contributed by atoms with Crippen LogP contribution >= 0.6 is 11.3 Å². The molecule has 0 spiro atoms. The summed E-state index contributed by atoms with van der Waals surface area (Å²) in [6.07, 6.45) is -1.59. The fourth-order valence-corrected chi connectivity index (χ4v) is 3.66. The summed E-state index contributed by atoms with van der Waals surface area (Å²) < 4.78 is 5.92. The number of nitro groups is 1. The van der Waals surface area contributed by atoms with Crippen LogP contribution in [0.4, 0.5) is 4.79 Å². The fraction of sp³-hybridized carbons (Fsp3) is 0.176. The molecule has 1 N–H and O–H groups in total. The van der Waals surface area contributed by atoms with Crippen LogP contribution in [0.2, 0.25) is 0 Å². The van der Waals surface area contributed by atoms with Gasteiger partial charge in [0.05, 0.1) is 5.39 Å². The van der Waals surface area contributed by atoms with Gasteiger partial charge >= 0.3 is 6.16 Å². The maximum Gasteiger partial charge on any atom is 0.511 e. The molecule has 0 aliphatic rings. The summed E-state index contributed by atoms with van der Waals surface area (Å²) in [5, 5.41) is 20.9. The Morgan fingerprint density at radius 3 is 2.56 bits per heavy atom. The average Bonchev–Trinajstić information content (AvgIpc) is 2.53. The van der Waals surface area contributed by atoms with Crippen molar-refractivity contribution in [3.63, 3.8) is 0 Å². The van der Waals surface area contributed by atoms with Gasteiger partial charge in [-0.25, -0.2) is 4.79 Å². The molecule has 0 radical (unpaired) electrons. The largest absolute Gasteiger partial charge is 0.511 e. The van der Waals surface area contributed by atoms with Gasteiger partial charge in [0.15, 0.2) is 5.43 Å². The van der Waals surface area contributed by atoms with E-state index in [4.69, 9.17) is 9.84 Å². The Morgan fingerprint density at radius 2 is 1.92 bits per heavy atom. The molecule has 0 aliphatic heterocycles. The van der Waals surface area contributed by atoms with Crippen LogP contribution in [0, 0.1) is 10.1 Å².